The SMILES string of the molecule is O=C1C=CN=c2c1ccc1c3c(ccc21)C(=O)C=CN=3. The number of nitrogens with zero attached hydrogens (tertiary/aromatic N) is 2. The number of hydrogen-bond acceptors (Lipinski definition) is 4. The molecule has 94 valence electrons. The second-order valence-corrected chi connectivity index (χ2v) is 4.64. The van der Waals surface area contributed by atoms with Crippen molar-refractivity contribution in [2.75, 3.05) is 0 Å². The van der Waals surface area contributed by atoms with Crippen molar-refractivity contribution in [3.8, 4) is 0 Å². The fourth-order valence-corrected chi connectivity index (χ4v) is 2.59. The van der Waals surface area contributed by atoms with Crippen LogP contribution in [0, 0.1) is 0 Å². The largest absolute Gasteiger partial charge is 0.289 e. The summed E-state index contributed by atoms with van der Waals surface area (Å²) in [5, 5.41) is 2.97. The van der Waals surface area contributed by atoms with Gasteiger partial charge in [-0.2, -0.15) is 0 Å². The monoisotopic (exact) mass is 260 g/mol. The highest BCUT2D eigenvalue weighted by atomic mass is 16.1. The number of carbonyl (C=O) groups is 2. The lowest BCUT2D eigenvalue weighted by Crippen LogP contribution is -2.23. The summed E-state index contributed by atoms with van der Waals surface area (Å²) in [6, 6.07) is 7.14. The van der Waals surface area contributed by atoms with E-state index < -0.39 is 0 Å². The molecule has 2 heterocycles. The lowest BCUT2D eigenvalue weighted by Gasteiger charge is -2.09. The normalized spacial score (nSPS) is 15.6. The Morgan fingerprint density at radius 1 is 0.650 bits per heavy atom. The van der Waals surface area contributed by atoms with Gasteiger partial charge in [0, 0.05) is 46.5 Å². The Morgan fingerprint density at radius 2 is 1.10 bits per heavy atom. The molecular formula is C16H8N2O2. The quantitative estimate of drug-likeness (QED) is 0.720. The van der Waals surface area contributed by atoms with Gasteiger partial charge in [-0.05, 0) is 12.1 Å². The Bertz CT molecular complexity index is 900. The molecule has 0 aromatic heterocycles. The van der Waals surface area contributed by atoms with Crippen LogP contribution >= 0.6 is 0 Å². The summed E-state index contributed by atoms with van der Waals surface area (Å²) in [6.07, 6.45) is 5.91. The van der Waals surface area contributed by atoms with E-state index in [1.807, 2.05) is 12.1 Å². The summed E-state index contributed by atoms with van der Waals surface area (Å²) >= 11 is 0. The second kappa shape index (κ2) is 3.81. The third kappa shape index (κ3) is 1.36. The predicted octanol–water partition coefficient (Wildman–Crippen LogP) is 1.50. The van der Waals surface area contributed by atoms with Gasteiger partial charge in [-0.15, -0.1) is 0 Å². The maximum absolute atomic E-state index is 11.8. The third-order valence-electron chi connectivity index (χ3n) is 3.53. The summed E-state index contributed by atoms with van der Waals surface area (Å²) in [7, 11) is 0. The lowest BCUT2D eigenvalue weighted by molar-refractivity contribution is 0.103. The molecule has 0 saturated carbocycles. The van der Waals surface area contributed by atoms with Gasteiger partial charge in [-0.25, -0.2) is 0 Å². The van der Waals surface area contributed by atoms with E-state index in [4.69, 9.17) is 0 Å². The van der Waals surface area contributed by atoms with E-state index >= 15 is 0 Å². The van der Waals surface area contributed by atoms with Gasteiger partial charge in [0.25, 0.3) is 0 Å². The second-order valence-electron chi connectivity index (χ2n) is 4.64. The molecule has 0 unspecified atom stereocenters. The first-order chi connectivity index (χ1) is 9.75. The van der Waals surface area contributed by atoms with Gasteiger partial charge in [-0.1, -0.05) is 12.1 Å². The zero-order valence-electron chi connectivity index (χ0n) is 10.3. The molecule has 0 atom stereocenters. The van der Waals surface area contributed by atoms with Gasteiger partial charge in [0.1, 0.15) is 0 Å². The van der Waals surface area contributed by atoms with E-state index in [0.29, 0.717) is 21.8 Å². The summed E-state index contributed by atoms with van der Waals surface area (Å²) in [5.41, 5.74) is 1.16. The van der Waals surface area contributed by atoms with E-state index in [-0.39, 0.29) is 11.6 Å². The van der Waals surface area contributed by atoms with Crippen molar-refractivity contribution < 1.29 is 9.59 Å². The number of rotatable bonds is 0. The fraction of sp³-hybridized carbons (Fsp3) is 0. The summed E-state index contributed by atoms with van der Waals surface area (Å²) in [6.45, 7) is 0. The van der Waals surface area contributed by atoms with E-state index in [1.165, 1.54) is 24.6 Å². The smallest absolute Gasteiger partial charge is 0.189 e. The van der Waals surface area contributed by atoms with E-state index in [9.17, 15) is 9.59 Å². The Morgan fingerprint density at radius 3 is 1.55 bits per heavy atom. The molecular weight excluding hydrogens is 252 g/mol. The maximum atomic E-state index is 11.8. The van der Waals surface area contributed by atoms with Crippen molar-refractivity contribution in [2.24, 2.45) is 9.98 Å². The van der Waals surface area contributed by atoms with Gasteiger partial charge >= 0.3 is 0 Å². The average molecular weight is 260 g/mol. The van der Waals surface area contributed by atoms with E-state index in [0.717, 1.165) is 10.8 Å². The van der Waals surface area contributed by atoms with Crippen LogP contribution in [0.5, 0.6) is 0 Å². The number of benzene rings is 2. The van der Waals surface area contributed by atoms with Crippen molar-refractivity contribution in [1.82, 2.24) is 0 Å². The minimum atomic E-state index is -0.0532. The predicted molar refractivity (Wildman–Crippen MR) is 73.2 cm³/mol. The van der Waals surface area contributed by atoms with Crippen LogP contribution in [0.25, 0.3) is 10.8 Å². The molecule has 0 aliphatic carbocycles. The first kappa shape index (κ1) is 11.0. The van der Waals surface area contributed by atoms with Gasteiger partial charge in [0.05, 0.1) is 10.7 Å². The number of hydrogen-bond donors (Lipinski definition) is 0. The first-order valence-corrected chi connectivity index (χ1v) is 6.19. The van der Waals surface area contributed by atoms with Gasteiger partial charge in [0.15, 0.2) is 11.6 Å². The van der Waals surface area contributed by atoms with E-state index in [2.05, 4.69) is 9.98 Å². The highest BCUT2D eigenvalue weighted by Crippen LogP contribution is 2.13. The number of fused-ring (bicyclic) bond motifs is 5. The molecule has 4 nitrogen and oxygen atoms in total. The zero-order valence-corrected chi connectivity index (χ0v) is 10.3. The van der Waals surface area contributed by atoms with Crippen LogP contribution in [0.2, 0.25) is 0 Å². The standard InChI is InChI=1S/C16H8N2O2/c19-13-5-8-18-16-10-2-4-12-14(20)6-7-17-15(12)9(10)1-3-11(13)16/h1-8H. The minimum Gasteiger partial charge on any atom is -0.289 e. The van der Waals surface area contributed by atoms with Crippen molar-refractivity contribution in [2.45, 2.75) is 0 Å². The summed E-state index contributed by atoms with van der Waals surface area (Å²) < 4.78 is 0. The lowest BCUT2D eigenvalue weighted by atomic mass is 9.97. The summed E-state index contributed by atoms with van der Waals surface area (Å²) in [4.78, 5) is 32.3. The molecule has 0 amide bonds. The van der Waals surface area contributed by atoms with Gasteiger partial charge in [-0.3, -0.25) is 19.6 Å². The van der Waals surface area contributed by atoms with Crippen LogP contribution in [-0.2, 0) is 0 Å². The van der Waals surface area contributed by atoms with Gasteiger partial charge in [0.2, 0.25) is 0 Å². The fourth-order valence-electron chi connectivity index (χ4n) is 2.59. The number of allylic oxidation sites excluding steroid dienone is 2. The molecule has 2 aliphatic rings. The van der Waals surface area contributed by atoms with Crippen molar-refractivity contribution >= 4 is 22.3 Å². The molecule has 0 spiro atoms. The van der Waals surface area contributed by atoms with Crippen molar-refractivity contribution in [1.29, 1.82) is 0 Å². The molecule has 2 aromatic rings. The molecule has 2 aliphatic heterocycles. The Labute approximate surface area is 113 Å². The molecule has 4 rings (SSSR count). The molecule has 0 N–H and O–H groups in total. The minimum absolute atomic E-state index is 0.0532. The Balaban J connectivity index is 2.23. The van der Waals surface area contributed by atoms with E-state index in [1.54, 1.807) is 12.1 Å². The Kier molecular flexibility index (Phi) is 2.09. The van der Waals surface area contributed by atoms with Crippen LogP contribution in [0.15, 0.2) is 58.8 Å². The van der Waals surface area contributed by atoms with Crippen LogP contribution in [0.1, 0.15) is 20.7 Å². The third-order valence-corrected chi connectivity index (χ3v) is 3.53. The molecule has 0 saturated heterocycles. The average Bonchev–Trinajstić information content (AvgIpc) is 2.47. The van der Waals surface area contributed by atoms with Crippen molar-refractivity contribution in [3.63, 3.8) is 0 Å². The number of carbonyl (C=O) groups excluding carboxylic acids is 2. The molecule has 0 fully saturated rings. The maximum Gasteiger partial charge on any atom is 0.189 e. The first-order valence-electron chi connectivity index (χ1n) is 6.19. The van der Waals surface area contributed by atoms with Crippen LogP contribution in [-0.4, -0.2) is 11.6 Å². The van der Waals surface area contributed by atoms with Crippen LogP contribution in [0.4, 0.5) is 0 Å². The Hall–Kier alpha value is -2.88. The molecule has 20 heavy (non-hydrogen) atoms. The summed E-state index contributed by atoms with van der Waals surface area (Å²) in [5.74, 6) is -0.106. The molecule has 2 aromatic carbocycles. The zero-order chi connectivity index (χ0) is 13.7. The highest BCUT2D eigenvalue weighted by Gasteiger charge is 2.15. The van der Waals surface area contributed by atoms with Crippen molar-refractivity contribution in [3.05, 3.63) is 70.7 Å². The molecule has 4 heteroatoms. The topological polar surface area (TPSA) is 58.9 Å². The molecule has 0 bridgehead atoms. The highest BCUT2D eigenvalue weighted by molar-refractivity contribution is 6.09. The number of ketones is 2. The molecule has 0 radical (unpaired) electrons. The van der Waals surface area contributed by atoms with Gasteiger partial charge < -0.3 is 0 Å². The van der Waals surface area contributed by atoms with Crippen LogP contribution in [0.3, 0.4) is 0 Å². The van der Waals surface area contributed by atoms with Crippen LogP contribution < -0.4 is 10.7 Å².